The van der Waals surface area contributed by atoms with E-state index in [1.54, 1.807) is 24.3 Å². The van der Waals surface area contributed by atoms with Crippen molar-refractivity contribution in [2.45, 2.75) is 38.3 Å². The zero-order valence-electron chi connectivity index (χ0n) is 11.8. The zero-order chi connectivity index (χ0) is 15.0. The number of rotatable bonds is 4. The van der Waals surface area contributed by atoms with E-state index in [2.05, 4.69) is 10.6 Å². The number of benzene rings is 1. The molecule has 0 aromatic heterocycles. The van der Waals surface area contributed by atoms with Crippen molar-refractivity contribution in [3.8, 4) is 0 Å². The zero-order valence-corrected chi connectivity index (χ0v) is 11.8. The lowest BCUT2D eigenvalue weighted by Gasteiger charge is -2.15. The van der Waals surface area contributed by atoms with E-state index in [1.807, 2.05) is 0 Å². The van der Waals surface area contributed by atoms with Crippen LogP contribution in [-0.4, -0.2) is 34.7 Å². The molecule has 0 unspecified atom stereocenters. The van der Waals surface area contributed by atoms with Gasteiger partial charge in [-0.25, -0.2) is 0 Å². The molecule has 0 radical (unpaired) electrons. The number of nitrogens with one attached hydrogen (secondary N) is 2. The van der Waals surface area contributed by atoms with Crippen molar-refractivity contribution in [1.82, 2.24) is 4.90 Å². The van der Waals surface area contributed by atoms with Gasteiger partial charge in [0.2, 0.25) is 11.8 Å². The summed E-state index contributed by atoms with van der Waals surface area (Å²) in [6.07, 6.45) is 2.06. The maximum Gasteiger partial charge on any atom is 0.252 e. The standard InChI is InChI=1S/C15H17N3O3/c1-9(19)16-10-2-4-11(5-3-10)17-13-8-14(20)18(15(13)21)12-6-7-12/h2-5,12-13,17H,6-8H2,1H3,(H,16,19)/t13-/m1/s1. The third-order valence-corrected chi connectivity index (χ3v) is 3.64. The van der Waals surface area contributed by atoms with E-state index in [4.69, 9.17) is 0 Å². The van der Waals surface area contributed by atoms with Crippen LogP contribution in [0.15, 0.2) is 24.3 Å². The normalized spacial score (nSPS) is 21.6. The molecule has 0 spiro atoms. The second-order valence-electron chi connectivity index (χ2n) is 5.49. The van der Waals surface area contributed by atoms with Crippen LogP contribution in [0.2, 0.25) is 0 Å². The molecule has 0 bridgehead atoms. The van der Waals surface area contributed by atoms with Crippen LogP contribution in [0.3, 0.4) is 0 Å². The fraction of sp³-hybridized carbons (Fsp3) is 0.400. The SMILES string of the molecule is CC(=O)Nc1ccc(N[C@@H]2CC(=O)N(C3CC3)C2=O)cc1. The molecule has 2 fully saturated rings. The summed E-state index contributed by atoms with van der Waals surface area (Å²) in [4.78, 5) is 36.4. The van der Waals surface area contributed by atoms with Crippen LogP contribution in [0, 0.1) is 0 Å². The maximum absolute atomic E-state index is 12.2. The van der Waals surface area contributed by atoms with E-state index in [-0.39, 0.29) is 30.2 Å². The molecule has 6 nitrogen and oxygen atoms in total. The Labute approximate surface area is 122 Å². The third kappa shape index (κ3) is 2.89. The number of carbonyl (C=O) groups excluding carboxylic acids is 3. The number of carbonyl (C=O) groups is 3. The summed E-state index contributed by atoms with van der Waals surface area (Å²) in [5.41, 5.74) is 1.45. The third-order valence-electron chi connectivity index (χ3n) is 3.64. The molecular weight excluding hydrogens is 270 g/mol. The summed E-state index contributed by atoms with van der Waals surface area (Å²) in [7, 11) is 0. The van der Waals surface area contributed by atoms with E-state index >= 15 is 0 Å². The van der Waals surface area contributed by atoms with Gasteiger partial charge >= 0.3 is 0 Å². The summed E-state index contributed by atoms with van der Waals surface area (Å²) < 4.78 is 0. The lowest BCUT2D eigenvalue weighted by atomic mass is 10.2. The number of amides is 3. The highest BCUT2D eigenvalue weighted by atomic mass is 16.2. The van der Waals surface area contributed by atoms with Crippen molar-refractivity contribution in [3.63, 3.8) is 0 Å². The second kappa shape index (κ2) is 5.20. The Kier molecular flexibility index (Phi) is 3.37. The molecule has 1 aliphatic carbocycles. The smallest absolute Gasteiger partial charge is 0.252 e. The summed E-state index contributed by atoms with van der Waals surface area (Å²) >= 11 is 0. The average molecular weight is 287 g/mol. The minimum absolute atomic E-state index is 0.0881. The fourth-order valence-corrected chi connectivity index (χ4v) is 2.53. The number of nitrogens with zero attached hydrogens (tertiary/aromatic N) is 1. The molecule has 2 N–H and O–H groups in total. The molecule has 1 aliphatic heterocycles. The van der Waals surface area contributed by atoms with Crippen molar-refractivity contribution < 1.29 is 14.4 Å². The van der Waals surface area contributed by atoms with Gasteiger partial charge in [-0.2, -0.15) is 0 Å². The summed E-state index contributed by atoms with van der Waals surface area (Å²) in [6.45, 7) is 1.45. The quantitative estimate of drug-likeness (QED) is 0.819. The highest BCUT2D eigenvalue weighted by Crippen LogP contribution is 2.32. The Bertz CT molecular complexity index is 593. The van der Waals surface area contributed by atoms with Gasteiger partial charge in [-0.05, 0) is 37.1 Å². The van der Waals surface area contributed by atoms with Crippen LogP contribution >= 0.6 is 0 Å². The molecule has 1 saturated carbocycles. The molecule has 1 aromatic carbocycles. The predicted octanol–water partition coefficient (Wildman–Crippen LogP) is 1.35. The molecule has 1 heterocycles. The van der Waals surface area contributed by atoms with Crippen molar-refractivity contribution >= 4 is 29.1 Å². The van der Waals surface area contributed by atoms with Crippen LogP contribution < -0.4 is 10.6 Å². The minimum atomic E-state index is -0.482. The number of imide groups is 1. The first-order valence-electron chi connectivity index (χ1n) is 7.04. The number of hydrogen-bond acceptors (Lipinski definition) is 4. The van der Waals surface area contributed by atoms with Gasteiger partial charge in [0.1, 0.15) is 6.04 Å². The molecule has 3 amide bonds. The largest absolute Gasteiger partial charge is 0.373 e. The van der Waals surface area contributed by atoms with E-state index < -0.39 is 6.04 Å². The predicted molar refractivity (Wildman–Crippen MR) is 77.6 cm³/mol. The average Bonchev–Trinajstić information content (AvgIpc) is 3.20. The van der Waals surface area contributed by atoms with E-state index in [0.29, 0.717) is 5.69 Å². The summed E-state index contributed by atoms with van der Waals surface area (Å²) in [5.74, 6) is -0.351. The van der Waals surface area contributed by atoms with E-state index in [1.165, 1.54) is 11.8 Å². The minimum Gasteiger partial charge on any atom is -0.373 e. The van der Waals surface area contributed by atoms with Crippen LogP contribution in [0.1, 0.15) is 26.2 Å². The number of anilines is 2. The highest BCUT2D eigenvalue weighted by Gasteiger charge is 2.46. The van der Waals surface area contributed by atoms with Crippen LogP contribution in [0.5, 0.6) is 0 Å². The van der Waals surface area contributed by atoms with Crippen LogP contribution in [-0.2, 0) is 14.4 Å². The highest BCUT2D eigenvalue weighted by molar-refractivity contribution is 6.07. The second-order valence-corrected chi connectivity index (χ2v) is 5.49. The van der Waals surface area contributed by atoms with E-state index in [0.717, 1.165) is 18.5 Å². The first-order chi connectivity index (χ1) is 10.0. The first kappa shape index (κ1) is 13.6. The Morgan fingerprint density at radius 2 is 1.76 bits per heavy atom. The van der Waals surface area contributed by atoms with Crippen LogP contribution in [0.25, 0.3) is 0 Å². The van der Waals surface area contributed by atoms with Gasteiger partial charge in [-0.15, -0.1) is 0 Å². The lowest BCUT2D eigenvalue weighted by molar-refractivity contribution is -0.139. The molecular formula is C15H17N3O3. The van der Waals surface area contributed by atoms with Gasteiger partial charge in [0.25, 0.3) is 5.91 Å². The molecule has 21 heavy (non-hydrogen) atoms. The monoisotopic (exact) mass is 287 g/mol. The van der Waals surface area contributed by atoms with Gasteiger partial charge in [-0.1, -0.05) is 0 Å². The Morgan fingerprint density at radius 1 is 1.14 bits per heavy atom. The summed E-state index contributed by atoms with van der Waals surface area (Å²) in [6, 6.07) is 6.71. The van der Waals surface area contributed by atoms with Gasteiger partial charge in [0.15, 0.2) is 0 Å². The van der Waals surface area contributed by atoms with Crippen molar-refractivity contribution in [3.05, 3.63) is 24.3 Å². The molecule has 2 aliphatic rings. The topological polar surface area (TPSA) is 78.5 Å². The van der Waals surface area contributed by atoms with Crippen molar-refractivity contribution in [2.24, 2.45) is 0 Å². The fourth-order valence-electron chi connectivity index (χ4n) is 2.53. The van der Waals surface area contributed by atoms with Gasteiger partial charge in [-0.3, -0.25) is 19.3 Å². The molecule has 3 rings (SSSR count). The van der Waals surface area contributed by atoms with E-state index in [9.17, 15) is 14.4 Å². The number of hydrogen-bond donors (Lipinski definition) is 2. The lowest BCUT2D eigenvalue weighted by Crippen LogP contribution is -2.36. The van der Waals surface area contributed by atoms with Crippen molar-refractivity contribution in [2.75, 3.05) is 10.6 Å². The van der Waals surface area contributed by atoms with Gasteiger partial charge in [0, 0.05) is 24.3 Å². The molecule has 6 heteroatoms. The summed E-state index contributed by atoms with van der Waals surface area (Å²) in [5, 5.41) is 5.77. The van der Waals surface area contributed by atoms with Crippen molar-refractivity contribution in [1.29, 1.82) is 0 Å². The molecule has 1 aromatic rings. The Balaban J connectivity index is 1.65. The Hall–Kier alpha value is -2.37. The first-order valence-corrected chi connectivity index (χ1v) is 7.04. The van der Waals surface area contributed by atoms with Gasteiger partial charge in [0.05, 0.1) is 6.42 Å². The number of likely N-dealkylation sites (tertiary alicyclic amines) is 1. The van der Waals surface area contributed by atoms with Gasteiger partial charge < -0.3 is 10.6 Å². The Morgan fingerprint density at radius 3 is 2.33 bits per heavy atom. The molecule has 110 valence electrons. The maximum atomic E-state index is 12.2. The molecule has 1 atom stereocenters. The van der Waals surface area contributed by atoms with Crippen LogP contribution in [0.4, 0.5) is 11.4 Å². The molecule has 1 saturated heterocycles.